The molecule has 4 nitrogen and oxygen atoms in total. The van der Waals surface area contributed by atoms with E-state index in [9.17, 15) is 9.18 Å². The van der Waals surface area contributed by atoms with Gasteiger partial charge in [-0.15, -0.1) is 0 Å². The Hall–Kier alpha value is -1.91. The van der Waals surface area contributed by atoms with Crippen molar-refractivity contribution in [3.05, 3.63) is 35.8 Å². The Morgan fingerprint density at radius 1 is 1.59 bits per heavy atom. The van der Waals surface area contributed by atoms with Gasteiger partial charge in [-0.2, -0.15) is 0 Å². The van der Waals surface area contributed by atoms with E-state index in [1.807, 2.05) is 0 Å². The van der Waals surface area contributed by atoms with Crippen LogP contribution in [0.15, 0.2) is 30.0 Å². The second-order valence-corrected chi connectivity index (χ2v) is 3.73. The second-order valence-electron chi connectivity index (χ2n) is 3.73. The van der Waals surface area contributed by atoms with Crippen LogP contribution in [0.25, 0.3) is 0 Å². The summed E-state index contributed by atoms with van der Waals surface area (Å²) >= 11 is 0. The largest absolute Gasteiger partial charge is 0.466 e. The Balaban J connectivity index is 2.12. The van der Waals surface area contributed by atoms with Gasteiger partial charge in [0.2, 0.25) is 0 Å². The molecule has 0 saturated carbocycles. The van der Waals surface area contributed by atoms with Crippen molar-refractivity contribution < 1.29 is 13.9 Å². The van der Waals surface area contributed by atoms with E-state index in [1.165, 1.54) is 13.2 Å². The van der Waals surface area contributed by atoms with Gasteiger partial charge in [-0.25, -0.2) is 14.2 Å². The average molecular weight is 236 g/mol. The highest BCUT2D eigenvalue weighted by atomic mass is 19.1. The van der Waals surface area contributed by atoms with E-state index in [-0.39, 0.29) is 11.8 Å². The van der Waals surface area contributed by atoms with Gasteiger partial charge in [-0.05, 0) is 18.6 Å². The third-order valence-corrected chi connectivity index (χ3v) is 2.70. The van der Waals surface area contributed by atoms with E-state index in [4.69, 9.17) is 0 Å². The summed E-state index contributed by atoms with van der Waals surface area (Å²) in [6.07, 6.45) is 3.85. The molecule has 17 heavy (non-hydrogen) atoms. The SMILES string of the molecule is COC(=O)C1=CCN(c2ncccc2F)CC1. The lowest BCUT2D eigenvalue weighted by Crippen LogP contribution is -2.31. The number of esters is 1. The first-order chi connectivity index (χ1) is 8.22. The van der Waals surface area contributed by atoms with Crippen molar-refractivity contribution in [3.8, 4) is 0 Å². The van der Waals surface area contributed by atoms with E-state index >= 15 is 0 Å². The van der Waals surface area contributed by atoms with Crippen molar-refractivity contribution in [2.45, 2.75) is 6.42 Å². The Labute approximate surface area is 98.7 Å². The molecule has 90 valence electrons. The highest BCUT2D eigenvalue weighted by molar-refractivity contribution is 5.88. The number of carbonyl (C=O) groups is 1. The van der Waals surface area contributed by atoms with Gasteiger partial charge < -0.3 is 9.64 Å². The zero-order valence-corrected chi connectivity index (χ0v) is 9.52. The van der Waals surface area contributed by atoms with Crippen molar-refractivity contribution in [3.63, 3.8) is 0 Å². The summed E-state index contributed by atoms with van der Waals surface area (Å²) in [7, 11) is 1.36. The molecular formula is C12H13FN2O2. The predicted molar refractivity (Wildman–Crippen MR) is 61.1 cm³/mol. The fourth-order valence-electron chi connectivity index (χ4n) is 1.79. The van der Waals surface area contributed by atoms with E-state index in [2.05, 4.69) is 9.72 Å². The van der Waals surface area contributed by atoms with Crippen molar-refractivity contribution in [1.29, 1.82) is 0 Å². The Bertz CT molecular complexity index is 460. The van der Waals surface area contributed by atoms with Crippen LogP contribution in [0.3, 0.4) is 0 Å². The molecule has 0 aromatic carbocycles. The molecule has 0 atom stereocenters. The van der Waals surface area contributed by atoms with Crippen LogP contribution < -0.4 is 4.90 Å². The number of pyridine rings is 1. The molecule has 1 aliphatic heterocycles. The van der Waals surface area contributed by atoms with E-state index in [0.717, 1.165) is 0 Å². The fraction of sp³-hybridized carbons (Fsp3) is 0.333. The molecule has 0 saturated heterocycles. The molecule has 0 bridgehead atoms. The molecule has 1 aliphatic rings. The normalized spacial score (nSPS) is 15.4. The maximum Gasteiger partial charge on any atom is 0.333 e. The zero-order valence-electron chi connectivity index (χ0n) is 9.52. The fourth-order valence-corrected chi connectivity index (χ4v) is 1.79. The number of aromatic nitrogens is 1. The number of methoxy groups -OCH3 is 1. The molecule has 1 aromatic heterocycles. The first-order valence-corrected chi connectivity index (χ1v) is 5.35. The lowest BCUT2D eigenvalue weighted by molar-refractivity contribution is -0.136. The first kappa shape index (κ1) is 11.6. The Morgan fingerprint density at radius 2 is 2.41 bits per heavy atom. The Kier molecular flexibility index (Phi) is 3.37. The molecule has 0 spiro atoms. The smallest absolute Gasteiger partial charge is 0.333 e. The number of nitrogens with zero attached hydrogens (tertiary/aromatic N) is 2. The summed E-state index contributed by atoms with van der Waals surface area (Å²) < 4.78 is 18.1. The van der Waals surface area contributed by atoms with Gasteiger partial charge in [-0.1, -0.05) is 6.08 Å². The second kappa shape index (κ2) is 4.95. The van der Waals surface area contributed by atoms with Gasteiger partial charge >= 0.3 is 5.97 Å². The molecule has 0 amide bonds. The summed E-state index contributed by atoms with van der Waals surface area (Å²) in [5.74, 6) is -0.332. The minimum absolute atomic E-state index is 0.314. The molecular weight excluding hydrogens is 223 g/mol. The lowest BCUT2D eigenvalue weighted by atomic mass is 10.1. The average Bonchev–Trinajstić information content (AvgIpc) is 2.39. The summed E-state index contributed by atoms with van der Waals surface area (Å²) in [6, 6.07) is 2.93. The number of ether oxygens (including phenoxy) is 1. The molecule has 0 radical (unpaired) electrons. The summed E-state index contributed by atoms with van der Waals surface area (Å²) in [5.41, 5.74) is 0.639. The van der Waals surface area contributed by atoms with Crippen molar-refractivity contribution in [2.24, 2.45) is 0 Å². The number of hydrogen-bond donors (Lipinski definition) is 0. The van der Waals surface area contributed by atoms with Crippen LogP contribution in [-0.2, 0) is 9.53 Å². The molecule has 0 fully saturated rings. The van der Waals surface area contributed by atoms with Crippen molar-refractivity contribution in [2.75, 3.05) is 25.1 Å². The highest BCUT2D eigenvalue weighted by Gasteiger charge is 2.19. The standard InChI is InChI=1S/C12H13FN2O2/c1-17-12(16)9-4-7-15(8-5-9)11-10(13)3-2-6-14-11/h2-4,6H,5,7-8H2,1H3. The molecule has 5 heteroatoms. The number of carbonyl (C=O) groups excluding carboxylic acids is 1. The van der Waals surface area contributed by atoms with Crippen LogP contribution in [0.4, 0.5) is 10.2 Å². The topological polar surface area (TPSA) is 42.4 Å². The van der Waals surface area contributed by atoms with Gasteiger partial charge in [0.05, 0.1) is 7.11 Å². The molecule has 2 rings (SSSR count). The van der Waals surface area contributed by atoms with Crippen LogP contribution in [0.1, 0.15) is 6.42 Å². The number of halogens is 1. The lowest BCUT2D eigenvalue weighted by Gasteiger charge is -2.26. The van der Waals surface area contributed by atoms with Gasteiger partial charge in [0.1, 0.15) is 0 Å². The Morgan fingerprint density at radius 3 is 3.00 bits per heavy atom. The number of hydrogen-bond acceptors (Lipinski definition) is 4. The molecule has 0 N–H and O–H groups in total. The van der Waals surface area contributed by atoms with Crippen molar-refractivity contribution in [1.82, 2.24) is 4.98 Å². The molecule has 2 heterocycles. The highest BCUT2D eigenvalue weighted by Crippen LogP contribution is 2.20. The van der Waals surface area contributed by atoms with Crippen LogP contribution in [-0.4, -0.2) is 31.2 Å². The quantitative estimate of drug-likeness (QED) is 0.730. The van der Waals surface area contributed by atoms with Crippen molar-refractivity contribution >= 4 is 11.8 Å². The van der Waals surface area contributed by atoms with Crippen LogP contribution in [0.5, 0.6) is 0 Å². The van der Waals surface area contributed by atoms with Gasteiger partial charge in [-0.3, -0.25) is 0 Å². The first-order valence-electron chi connectivity index (χ1n) is 5.35. The molecule has 1 aromatic rings. The molecule has 0 aliphatic carbocycles. The maximum absolute atomic E-state index is 13.5. The zero-order chi connectivity index (χ0) is 12.3. The van der Waals surface area contributed by atoms with E-state index in [0.29, 0.717) is 30.9 Å². The summed E-state index contributed by atoms with van der Waals surface area (Å²) in [6.45, 7) is 1.03. The number of rotatable bonds is 2. The van der Waals surface area contributed by atoms with E-state index in [1.54, 1.807) is 23.2 Å². The van der Waals surface area contributed by atoms with Crippen LogP contribution >= 0.6 is 0 Å². The number of anilines is 1. The van der Waals surface area contributed by atoms with Gasteiger partial charge in [0.25, 0.3) is 0 Å². The van der Waals surface area contributed by atoms with E-state index < -0.39 is 0 Å². The monoisotopic (exact) mass is 236 g/mol. The third kappa shape index (κ3) is 2.43. The minimum Gasteiger partial charge on any atom is -0.466 e. The summed E-state index contributed by atoms with van der Waals surface area (Å²) in [4.78, 5) is 17.1. The third-order valence-electron chi connectivity index (χ3n) is 2.70. The van der Waals surface area contributed by atoms with Gasteiger partial charge in [0, 0.05) is 24.9 Å². The van der Waals surface area contributed by atoms with Crippen LogP contribution in [0.2, 0.25) is 0 Å². The summed E-state index contributed by atoms with van der Waals surface area (Å²) in [5, 5.41) is 0. The van der Waals surface area contributed by atoms with Crippen LogP contribution in [0, 0.1) is 5.82 Å². The maximum atomic E-state index is 13.5. The minimum atomic E-state index is -0.345. The predicted octanol–water partition coefficient (Wildman–Crippen LogP) is 1.53. The van der Waals surface area contributed by atoms with Gasteiger partial charge in [0.15, 0.2) is 11.6 Å². The molecule has 0 unspecified atom stereocenters.